The van der Waals surface area contributed by atoms with Gasteiger partial charge >= 0.3 is 11.9 Å². The molecule has 1 heterocycles. The van der Waals surface area contributed by atoms with Crippen LogP contribution < -0.4 is 0 Å². The van der Waals surface area contributed by atoms with E-state index in [4.69, 9.17) is 5.11 Å². The van der Waals surface area contributed by atoms with Gasteiger partial charge in [0.25, 0.3) is 0 Å². The summed E-state index contributed by atoms with van der Waals surface area (Å²) in [5.74, 6) is -2.10. The number of hydrogen-bond donors (Lipinski definition) is 2. The summed E-state index contributed by atoms with van der Waals surface area (Å²) in [6.45, 7) is 2.17. The predicted molar refractivity (Wildman–Crippen MR) is 91.5 cm³/mol. The van der Waals surface area contributed by atoms with E-state index >= 15 is 0 Å². The molecule has 2 N–H and O–H groups in total. The summed E-state index contributed by atoms with van der Waals surface area (Å²) in [7, 11) is 0. The molecular formula is C18H20O4S. The van der Waals surface area contributed by atoms with Crippen molar-refractivity contribution in [1.29, 1.82) is 0 Å². The highest BCUT2D eigenvalue weighted by molar-refractivity contribution is 7.15. The summed E-state index contributed by atoms with van der Waals surface area (Å²) in [4.78, 5) is 24.5. The van der Waals surface area contributed by atoms with Gasteiger partial charge in [-0.25, -0.2) is 9.59 Å². The van der Waals surface area contributed by atoms with E-state index in [-0.39, 0.29) is 11.1 Å². The maximum atomic E-state index is 11.4. The van der Waals surface area contributed by atoms with E-state index < -0.39 is 11.9 Å². The van der Waals surface area contributed by atoms with Crippen LogP contribution in [0.1, 0.15) is 58.2 Å². The Morgan fingerprint density at radius 1 is 1.00 bits per heavy atom. The summed E-state index contributed by atoms with van der Waals surface area (Å²) < 4.78 is 0. The zero-order valence-corrected chi connectivity index (χ0v) is 13.9. The number of thiophene rings is 1. The minimum atomic E-state index is -1.06. The quantitative estimate of drug-likeness (QED) is 0.672. The van der Waals surface area contributed by atoms with E-state index in [1.54, 1.807) is 0 Å². The monoisotopic (exact) mass is 332 g/mol. The third-order valence-electron chi connectivity index (χ3n) is 3.70. The molecule has 0 fully saturated rings. The number of aromatic carboxylic acids is 2. The lowest BCUT2D eigenvalue weighted by atomic mass is 10.0. The molecule has 2 aromatic rings. The molecule has 1 aromatic heterocycles. The minimum Gasteiger partial charge on any atom is -0.478 e. The molecule has 5 heteroatoms. The van der Waals surface area contributed by atoms with Gasteiger partial charge in [0.2, 0.25) is 0 Å². The fourth-order valence-corrected chi connectivity index (χ4v) is 3.53. The van der Waals surface area contributed by atoms with Gasteiger partial charge in [-0.2, -0.15) is 0 Å². The lowest BCUT2D eigenvalue weighted by molar-refractivity contribution is 0.0682. The van der Waals surface area contributed by atoms with Crippen molar-refractivity contribution in [2.45, 2.75) is 39.0 Å². The maximum Gasteiger partial charge on any atom is 0.336 e. The topological polar surface area (TPSA) is 74.6 Å². The Hall–Kier alpha value is -2.14. The molecule has 2 rings (SSSR count). The Labute approximate surface area is 139 Å². The van der Waals surface area contributed by atoms with Crippen molar-refractivity contribution in [2.24, 2.45) is 0 Å². The van der Waals surface area contributed by atoms with Crippen LogP contribution in [0.15, 0.2) is 30.3 Å². The van der Waals surface area contributed by atoms with Gasteiger partial charge in [0.1, 0.15) is 0 Å². The van der Waals surface area contributed by atoms with E-state index in [0.717, 1.165) is 17.7 Å². The SMILES string of the molecule is CCCCCCc1ccc(-c2cc(C(=O)O)ccc2C(=O)O)s1. The number of aryl methyl sites for hydroxylation is 1. The van der Waals surface area contributed by atoms with Crippen LogP contribution in [0.4, 0.5) is 0 Å². The Morgan fingerprint density at radius 2 is 1.78 bits per heavy atom. The molecule has 0 amide bonds. The van der Waals surface area contributed by atoms with Gasteiger partial charge in [0, 0.05) is 15.3 Å². The lowest BCUT2D eigenvalue weighted by Crippen LogP contribution is -2.02. The first kappa shape index (κ1) is 17.2. The molecule has 4 nitrogen and oxygen atoms in total. The number of carboxylic acids is 2. The average Bonchev–Trinajstić information content (AvgIpc) is 2.99. The molecule has 0 radical (unpaired) electrons. The van der Waals surface area contributed by atoms with E-state index in [1.165, 1.54) is 53.7 Å². The molecule has 0 saturated heterocycles. The molecule has 0 aliphatic carbocycles. The normalized spacial score (nSPS) is 10.7. The van der Waals surface area contributed by atoms with Crippen molar-refractivity contribution in [3.63, 3.8) is 0 Å². The average molecular weight is 332 g/mol. The Bertz CT molecular complexity index is 703. The van der Waals surface area contributed by atoms with Crippen molar-refractivity contribution < 1.29 is 19.8 Å². The number of hydrogen-bond acceptors (Lipinski definition) is 3. The van der Waals surface area contributed by atoms with Crippen LogP contribution in [-0.2, 0) is 6.42 Å². The molecule has 0 aliphatic rings. The van der Waals surface area contributed by atoms with E-state index in [0.29, 0.717) is 5.56 Å². The van der Waals surface area contributed by atoms with Crippen molar-refractivity contribution >= 4 is 23.3 Å². The van der Waals surface area contributed by atoms with E-state index in [9.17, 15) is 14.7 Å². The molecule has 122 valence electrons. The zero-order chi connectivity index (χ0) is 16.8. The van der Waals surface area contributed by atoms with Crippen LogP contribution >= 0.6 is 11.3 Å². The summed E-state index contributed by atoms with van der Waals surface area (Å²) in [5, 5.41) is 18.4. The second kappa shape index (κ2) is 7.92. The van der Waals surface area contributed by atoms with Crippen LogP contribution in [0.25, 0.3) is 10.4 Å². The first-order chi connectivity index (χ1) is 11.0. The molecule has 0 unspecified atom stereocenters. The molecule has 0 spiro atoms. The number of rotatable bonds is 8. The van der Waals surface area contributed by atoms with E-state index in [1.807, 2.05) is 12.1 Å². The molecular weight excluding hydrogens is 312 g/mol. The first-order valence-corrected chi connectivity index (χ1v) is 8.54. The molecule has 0 saturated carbocycles. The molecule has 0 atom stereocenters. The van der Waals surface area contributed by atoms with Gasteiger partial charge in [0.15, 0.2) is 0 Å². The third-order valence-corrected chi connectivity index (χ3v) is 4.88. The lowest BCUT2D eigenvalue weighted by Gasteiger charge is -2.05. The summed E-state index contributed by atoms with van der Waals surface area (Å²) >= 11 is 1.54. The van der Waals surface area contributed by atoms with Gasteiger partial charge in [-0.05, 0) is 43.2 Å². The van der Waals surface area contributed by atoms with Crippen LogP contribution in [0.5, 0.6) is 0 Å². The second-order valence-electron chi connectivity index (χ2n) is 5.45. The molecule has 1 aromatic carbocycles. The number of carboxylic acid groups (broad SMARTS) is 2. The summed E-state index contributed by atoms with van der Waals surface area (Å²) in [6, 6.07) is 8.02. The minimum absolute atomic E-state index is 0.0999. The Morgan fingerprint density at radius 3 is 2.43 bits per heavy atom. The van der Waals surface area contributed by atoms with Gasteiger partial charge in [0.05, 0.1) is 11.1 Å². The predicted octanol–water partition coefficient (Wildman–Crippen LogP) is 4.93. The van der Waals surface area contributed by atoms with Crippen molar-refractivity contribution in [3.05, 3.63) is 46.3 Å². The summed E-state index contributed by atoms with van der Waals surface area (Å²) in [6.07, 6.45) is 5.71. The molecule has 23 heavy (non-hydrogen) atoms. The smallest absolute Gasteiger partial charge is 0.336 e. The summed E-state index contributed by atoms with van der Waals surface area (Å²) in [5.41, 5.74) is 0.708. The van der Waals surface area contributed by atoms with Crippen LogP contribution in [0, 0.1) is 0 Å². The van der Waals surface area contributed by atoms with Crippen molar-refractivity contribution in [3.8, 4) is 10.4 Å². The highest BCUT2D eigenvalue weighted by Crippen LogP contribution is 2.32. The highest BCUT2D eigenvalue weighted by atomic mass is 32.1. The largest absolute Gasteiger partial charge is 0.478 e. The van der Waals surface area contributed by atoms with Crippen molar-refractivity contribution in [1.82, 2.24) is 0 Å². The maximum absolute atomic E-state index is 11.4. The first-order valence-electron chi connectivity index (χ1n) is 7.72. The highest BCUT2D eigenvalue weighted by Gasteiger charge is 2.16. The zero-order valence-electron chi connectivity index (χ0n) is 13.0. The molecule has 0 bridgehead atoms. The number of unbranched alkanes of at least 4 members (excludes halogenated alkanes) is 3. The van der Waals surface area contributed by atoms with E-state index in [2.05, 4.69) is 6.92 Å². The standard InChI is InChI=1S/C18H20O4S/c1-2-3-4-5-6-13-8-10-16(23-13)15-11-12(17(19)20)7-9-14(15)18(21)22/h7-11H,2-6H2,1H3,(H,19,20)(H,21,22). The van der Waals surface area contributed by atoms with Gasteiger partial charge in [-0.3, -0.25) is 0 Å². The van der Waals surface area contributed by atoms with Crippen molar-refractivity contribution in [2.75, 3.05) is 0 Å². The fraction of sp³-hybridized carbons (Fsp3) is 0.333. The van der Waals surface area contributed by atoms with Crippen LogP contribution in [-0.4, -0.2) is 22.2 Å². The second-order valence-corrected chi connectivity index (χ2v) is 6.62. The Kier molecular flexibility index (Phi) is 5.93. The number of benzene rings is 1. The van der Waals surface area contributed by atoms with Crippen LogP contribution in [0.3, 0.4) is 0 Å². The fourth-order valence-electron chi connectivity index (χ4n) is 2.45. The Balaban J connectivity index is 2.26. The van der Waals surface area contributed by atoms with Crippen LogP contribution in [0.2, 0.25) is 0 Å². The van der Waals surface area contributed by atoms with Gasteiger partial charge in [-0.1, -0.05) is 26.2 Å². The number of carbonyl (C=O) groups is 2. The van der Waals surface area contributed by atoms with Gasteiger partial charge < -0.3 is 10.2 Å². The molecule has 0 aliphatic heterocycles. The third kappa shape index (κ3) is 4.42. The van der Waals surface area contributed by atoms with Gasteiger partial charge in [-0.15, -0.1) is 11.3 Å².